The van der Waals surface area contributed by atoms with Crippen molar-refractivity contribution in [2.45, 2.75) is 18.1 Å². The third kappa shape index (κ3) is 1.39. The van der Waals surface area contributed by atoms with E-state index in [1.807, 2.05) is 6.92 Å². The van der Waals surface area contributed by atoms with Gasteiger partial charge in [-0.05, 0) is 12.3 Å². The zero-order chi connectivity index (χ0) is 8.70. The maximum Gasteiger partial charge on any atom is 0.240 e. The predicted octanol–water partition coefficient (Wildman–Crippen LogP) is 0.980. The Morgan fingerprint density at radius 1 is 1.73 bits per heavy atom. The maximum atomic E-state index is 11.0. The molecule has 1 rings (SSSR count). The highest BCUT2D eigenvalue weighted by Gasteiger charge is 2.60. The van der Waals surface area contributed by atoms with Crippen LogP contribution < -0.4 is 0 Å². The lowest BCUT2D eigenvalue weighted by atomic mass is 10.3. The summed E-state index contributed by atoms with van der Waals surface area (Å²) < 4.78 is 26.0. The molecule has 0 aromatic carbocycles. The quantitative estimate of drug-likeness (QED) is 0.635. The summed E-state index contributed by atoms with van der Waals surface area (Å²) in [4.78, 5) is 0. The largest absolute Gasteiger partial charge is 0.383 e. The average Bonchev–Trinajstić information content (AvgIpc) is 2.42. The topological polar surface area (TPSA) is 43.4 Å². The van der Waals surface area contributed by atoms with Crippen LogP contribution in [0.3, 0.4) is 0 Å². The average molecular weight is 199 g/mol. The van der Waals surface area contributed by atoms with Crippen LogP contribution in [0.25, 0.3) is 0 Å². The summed E-state index contributed by atoms with van der Waals surface area (Å²) in [6, 6.07) is 0. The highest BCUT2D eigenvalue weighted by Crippen LogP contribution is 2.51. The van der Waals surface area contributed by atoms with Crippen LogP contribution in [0.2, 0.25) is 0 Å². The molecule has 0 radical (unpaired) electrons. The van der Waals surface area contributed by atoms with Crippen LogP contribution in [-0.4, -0.2) is 26.9 Å². The molecule has 3 nitrogen and oxygen atoms in total. The first-order valence-electron chi connectivity index (χ1n) is 3.37. The molecule has 0 aliphatic heterocycles. The molecular weight excluding hydrogens is 188 g/mol. The Morgan fingerprint density at radius 3 is 2.27 bits per heavy atom. The van der Waals surface area contributed by atoms with Gasteiger partial charge in [0.25, 0.3) is 0 Å². The lowest BCUT2D eigenvalue weighted by Gasteiger charge is -2.10. The summed E-state index contributed by atoms with van der Waals surface area (Å²) in [5.74, 6) is 0.130. The summed E-state index contributed by atoms with van der Waals surface area (Å²) in [5.41, 5.74) is 0. The van der Waals surface area contributed by atoms with Crippen LogP contribution in [-0.2, 0) is 13.8 Å². The molecule has 0 N–H and O–H groups in total. The highest BCUT2D eigenvalue weighted by atomic mass is 35.7. The van der Waals surface area contributed by atoms with Crippen molar-refractivity contribution in [3.8, 4) is 0 Å². The van der Waals surface area contributed by atoms with E-state index in [4.69, 9.17) is 15.4 Å². The SMILES string of the molecule is COC[C@]1(S(=O)(=O)Cl)C[C@@H]1C. The smallest absolute Gasteiger partial charge is 0.240 e. The maximum absolute atomic E-state index is 11.0. The van der Waals surface area contributed by atoms with Crippen LogP contribution in [0.5, 0.6) is 0 Å². The van der Waals surface area contributed by atoms with Gasteiger partial charge in [0, 0.05) is 17.8 Å². The molecule has 0 spiro atoms. The standard InChI is InChI=1S/C6H11ClO3S/c1-5-3-6(5,4-10-2)11(7,8)9/h5H,3-4H2,1-2H3/t5-,6+/m0/s1. The van der Waals surface area contributed by atoms with Gasteiger partial charge in [0.15, 0.2) is 0 Å². The van der Waals surface area contributed by atoms with Gasteiger partial charge in [-0.2, -0.15) is 0 Å². The number of hydrogen-bond acceptors (Lipinski definition) is 3. The van der Waals surface area contributed by atoms with E-state index < -0.39 is 13.8 Å². The normalized spacial score (nSPS) is 37.2. The van der Waals surface area contributed by atoms with Gasteiger partial charge in [-0.15, -0.1) is 0 Å². The second-order valence-corrected chi connectivity index (χ2v) is 5.95. The lowest BCUT2D eigenvalue weighted by molar-refractivity contribution is 0.189. The minimum Gasteiger partial charge on any atom is -0.383 e. The zero-order valence-electron chi connectivity index (χ0n) is 6.50. The summed E-state index contributed by atoms with van der Waals surface area (Å²) in [6.07, 6.45) is 0.618. The molecule has 0 heterocycles. The number of halogens is 1. The zero-order valence-corrected chi connectivity index (χ0v) is 8.07. The Morgan fingerprint density at radius 2 is 2.18 bits per heavy atom. The van der Waals surface area contributed by atoms with Crippen molar-refractivity contribution < 1.29 is 13.2 Å². The second kappa shape index (κ2) is 2.61. The number of ether oxygens (including phenoxy) is 1. The van der Waals surface area contributed by atoms with Crippen LogP contribution in [0.4, 0.5) is 0 Å². The lowest BCUT2D eigenvalue weighted by Crippen LogP contribution is -2.26. The molecule has 5 heteroatoms. The molecular formula is C6H11ClO3S. The van der Waals surface area contributed by atoms with Gasteiger partial charge in [0.1, 0.15) is 4.75 Å². The molecule has 0 aromatic rings. The molecule has 2 atom stereocenters. The Balaban J connectivity index is 2.81. The van der Waals surface area contributed by atoms with Gasteiger partial charge in [0.2, 0.25) is 9.05 Å². The van der Waals surface area contributed by atoms with Gasteiger partial charge in [-0.3, -0.25) is 0 Å². The van der Waals surface area contributed by atoms with E-state index in [1.165, 1.54) is 7.11 Å². The van der Waals surface area contributed by atoms with E-state index in [2.05, 4.69) is 0 Å². The van der Waals surface area contributed by atoms with Crippen molar-refractivity contribution in [2.75, 3.05) is 13.7 Å². The fourth-order valence-corrected chi connectivity index (χ4v) is 3.28. The number of rotatable bonds is 3. The molecule has 0 amide bonds. The first-order valence-corrected chi connectivity index (χ1v) is 5.68. The molecule has 1 aliphatic rings. The van der Waals surface area contributed by atoms with Gasteiger partial charge in [-0.1, -0.05) is 6.92 Å². The van der Waals surface area contributed by atoms with E-state index in [0.717, 1.165) is 0 Å². The fraction of sp³-hybridized carbons (Fsp3) is 1.00. The van der Waals surface area contributed by atoms with Crippen molar-refractivity contribution in [3.05, 3.63) is 0 Å². The Labute approximate surface area is 71.1 Å². The molecule has 1 aliphatic carbocycles. The van der Waals surface area contributed by atoms with Crippen molar-refractivity contribution in [1.29, 1.82) is 0 Å². The van der Waals surface area contributed by atoms with Crippen LogP contribution >= 0.6 is 10.7 Å². The Bertz CT molecular complexity index is 249. The van der Waals surface area contributed by atoms with Crippen molar-refractivity contribution in [3.63, 3.8) is 0 Å². The molecule has 0 aromatic heterocycles. The summed E-state index contributed by atoms with van der Waals surface area (Å²) >= 11 is 0. The monoisotopic (exact) mass is 198 g/mol. The van der Waals surface area contributed by atoms with Crippen molar-refractivity contribution in [1.82, 2.24) is 0 Å². The van der Waals surface area contributed by atoms with Crippen LogP contribution in [0, 0.1) is 5.92 Å². The number of methoxy groups -OCH3 is 1. The van der Waals surface area contributed by atoms with Gasteiger partial charge < -0.3 is 4.74 Å². The summed E-state index contributed by atoms with van der Waals surface area (Å²) in [6.45, 7) is 2.07. The fourth-order valence-electron chi connectivity index (χ4n) is 1.32. The summed E-state index contributed by atoms with van der Waals surface area (Å²) in [5, 5.41) is 0. The third-order valence-corrected chi connectivity index (χ3v) is 4.84. The molecule has 1 fully saturated rings. The first-order chi connectivity index (χ1) is 4.94. The van der Waals surface area contributed by atoms with Gasteiger partial charge in [0.05, 0.1) is 6.61 Å². The van der Waals surface area contributed by atoms with E-state index in [-0.39, 0.29) is 12.5 Å². The van der Waals surface area contributed by atoms with E-state index in [0.29, 0.717) is 6.42 Å². The minimum absolute atomic E-state index is 0.130. The van der Waals surface area contributed by atoms with Gasteiger partial charge in [-0.25, -0.2) is 8.42 Å². The number of hydrogen-bond donors (Lipinski definition) is 0. The molecule has 1 saturated carbocycles. The van der Waals surface area contributed by atoms with Crippen molar-refractivity contribution >= 4 is 19.7 Å². The highest BCUT2D eigenvalue weighted by molar-refractivity contribution is 8.15. The van der Waals surface area contributed by atoms with E-state index in [9.17, 15) is 8.42 Å². The summed E-state index contributed by atoms with van der Waals surface area (Å²) in [7, 11) is 3.28. The second-order valence-electron chi connectivity index (χ2n) is 3.04. The molecule has 0 bridgehead atoms. The van der Waals surface area contributed by atoms with Crippen LogP contribution in [0.1, 0.15) is 13.3 Å². The molecule has 0 saturated heterocycles. The van der Waals surface area contributed by atoms with Crippen LogP contribution in [0.15, 0.2) is 0 Å². The van der Waals surface area contributed by atoms with Gasteiger partial charge >= 0.3 is 0 Å². The molecule has 11 heavy (non-hydrogen) atoms. The first kappa shape index (κ1) is 9.29. The third-order valence-electron chi connectivity index (χ3n) is 2.26. The molecule has 66 valence electrons. The predicted molar refractivity (Wildman–Crippen MR) is 43.2 cm³/mol. The van der Waals surface area contributed by atoms with E-state index in [1.54, 1.807) is 0 Å². The minimum atomic E-state index is -3.46. The van der Waals surface area contributed by atoms with E-state index >= 15 is 0 Å². The Hall–Kier alpha value is 0.200. The molecule has 0 unspecified atom stereocenters. The Kier molecular flexibility index (Phi) is 2.20. The van der Waals surface area contributed by atoms with Crippen molar-refractivity contribution in [2.24, 2.45) is 5.92 Å².